The van der Waals surface area contributed by atoms with Gasteiger partial charge in [0.05, 0.1) is 11.9 Å². The van der Waals surface area contributed by atoms with Crippen LogP contribution in [-0.4, -0.2) is 44.8 Å². The summed E-state index contributed by atoms with van der Waals surface area (Å²) in [6.07, 6.45) is 2.41. The van der Waals surface area contributed by atoms with Crippen molar-refractivity contribution in [2.24, 2.45) is 0 Å². The summed E-state index contributed by atoms with van der Waals surface area (Å²) in [5.74, 6) is 0.447. The number of hydrogen-bond acceptors (Lipinski definition) is 5. The first-order valence-corrected chi connectivity index (χ1v) is 6.24. The lowest BCUT2D eigenvalue weighted by atomic mass is 10.3. The third kappa shape index (κ3) is 6.73. The fourth-order valence-electron chi connectivity index (χ4n) is 1.43. The second-order valence-electron chi connectivity index (χ2n) is 4.00. The van der Waals surface area contributed by atoms with Gasteiger partial charge in [-0.2, -0.15) is 0 Å². The molecular formula is C13H21N3O3. The molecule has 1 amide bonds. The Hall–Kier alpha value is -1.66. The maximum atomic E-state index is 11.4. The zero-order valence-corrected chi connectivity index (χ0v) is 11.4. The molecule has 0 saturated heterocycles. The number of nitrogens with zero attached hydrogens (tertiary/aromatic N) is 1. The van der Waals surface area contributed by atoms with E-state index in [1.807, 2.05) is 13.1 Å². The van der Waals surface area contributed by atoms with E-state index >= 15 is 0 Å². The number of nitrogens with one attached hydrogen (secondary N) is 2. The maximum absolute atomic E-state index is 11.4. The summed E-state index contributed by atoms with van der Waals surface area (Å²) in [6, 6.07) is 3.67. The van der Waals surface area contributed by atoms with E-state index < -0.39 is 0 Å². The summed E-state index contributed by atoms with van der Waals surface area (Å²) in [4.78, 5) is 15.6. The maximum Gasteiger partial charge on any atom is 0.257 e. The molecule has 0 fully saturated rings. The van der Waals surface area contributed by atoms with Gasteiger partial charge in [-0.05, 0) is 25.6 Å². The number of methoxy groups -OCH3 is 1. The molecule has 0 aliphatic carbocycles. The van der Waals surface area contributed by atoms with E-state index in [0.29, 0.717) is 25.4 Å². The summed E-state index contributed by atoms with van der Waals surface area (Å²) in [6.45, 7) is 1.94. The van der Waals surface area contributed by atoms with Gasteiger partial charge < -0.3 is 20.1 Å². The highest BCUT2D eigenvalue weighted by molar-refractivity contribution is 5.77. The fourth-order valence-corrected chi connectivity index (χ4v) is 1.43. The molecule has 0 radical (unpaired) electrons. The molecule has 106 valence electrons. The van der Waals surface area contributed by atoms with Crippen molar-refractivity contribution in [3.05, 3.63) is 24.0 Å². The molecule has 1 rings (SSSR count). The summed E-state index contributed by atoms with van der Waals surface area (Å²) in [5.41, 5.74) is 0.930. The van der Waals surface area contributed by atoms with Crippen LogP contribution in [0.4, 0.5) is 0 Å². The molecule has 2 N–H and O–H groups in total. The molecular weight excluding hydrogens is 246 g/mol. The Morgan fingerprint density at radius 3 is 2.89 bits per heavy atom. The number of rotatable bonds is 9. The van der Waals surface area contributed by atoms with Crippen LogP contribution in [0.1, 0.15) is 12.1 Å². The van der Waals surface area contributed by atoms with E-state index in [9.17, 15) is 4.79 Å². The van der Waals surface area contributed by atoms with Gasteiger partial charge in [-0.25, -0.2) is 0 Å². The van der Waals surface area contributed by atoms with Gasteiger partial charge in [0.25, 0.3) is 5.91 Å². The molecule has 0 aromatic carbocycles. The average molecular weight is 267 g/mol. The first-order valence-electron chi connectivity index (χ1n) is 6.24. The minimum atomic E-state index is -0.143. The standard InChI is InChI=1S/C13H21N3O3/c1-14-8-11-4-5-12(9-16-11)19-10-13(17)15-6-3-7-18-2/h4-5,9,14H,3,6-8,10H2,1-2H3,(H,15,17). The Bertz CT molecular complexity index is 368. The molecule has 1 aromatic heterocycles. The lowest BCUT2D eigenvalue weighted by molar-refractivity contribution is -0.123. The highest BCUT2D eigenvalue weighted by Gasteiger charge is 2.02. The molecule has 0 bridgehead atoms. The Labute approximate surface area is 113 Å². The highest BCUT2D eigenvalue weighted by Crippen LogP contribution is 2.08. The van der Waals surface area contributed by atoms with Crippen molar-refractivity contribution in [3.63, 3.8) is 0 Å². The molecule has 0 aliphatic rings. The van der Waals surface area contributed by atoms with Gasteiger partial charge in [0, 0.05) is 26.8 Å². The highest BCUT2D eigenvalue weighted by atomic mass is 16.5. The molecule has 0 saturated carbocycles. The largest absolute Gasteiger partial charge is 0.482 e. The van der Waals surface area contributed by atoms with Gasteiger partial charge in [-0.15, -0.1) is 0 Å². The predicted octanol–water partition coefficient (Wildman–Crippen LogP) is 0.333. The van der Waals surface area contributed by atoms with Crippen molar-refractivity contribution in [1.29, 1.82) is 0 Å². The Balaban J connectivity index is 2.22. The Morgan fingerprint density at radius 2 is 2.26 bits per heavy atom. The van der Waals surface area contributed by atoms with Crippen molar-refractivity contribution < 1.29 is 14.3 Å². The van der Waals surface area contributed by atoms with Crippen LogP contribution in [-0.2, 0) is 16.1 Å². The molecule has 1 heterocycles. The van der Waals surface area contributed by atoms with Gasteiger partial charge in [-0.3, -0.25) is 9.78 Å². The summed E-state index contributed by atoms with van der Waals surface area (Å²) in [7, 11) is 3.50. The molecule has 19 heavy (non-hydrogen) atoms. The summed E-state index contributed by atoms with van der Waals surface area (Å²) in [5, 5.41) is 5.75. The topological polar surface area (TPSA) is 72.5 Å². The Kier molecular flexibility index (Phi) is 7.53. The molecule has 6 heteroatoms. The minimum Gasteiger partial charge on any atom is -0.482 e. The quantitative estimate of drug-likeness (QED) is 0.631. The number of hydrogen-bond donors (Lipinski definition) is 2. The third-order valence-electron chi connectivity index (χ3n) is 2.37. The van der Waals surface area contributed by atoms with Crippen LogP contribution in [0.15, 0.2) is 18.3 Å². The zero-order chi connectivity index (χ0) is 13.9. The second kappa shape index (κ2) is 9.29. The summed E-state index contributed by atoms with van der Waals surface area (Å²) < 4.78 is 10.2. The third-order valence-corrected chi connectivity index (χ3v) is 2.37. The first kappa shape index (κ1) is 15.4. The van der Waals surface area contributed by atoms with E-state index in [4.69, 9.17) is 9.47 Å². The van der Waals surface area contributed by atoms with Crippen LogP contribution in [0.3, 0.4) is 0 Å². The van der Waals surface area contributed by atoms with Crippen LogP contribution < -0.4 is 15.4 Å². The van der Waals surface area contributed by atoms with Gasteiger partial charge in [0.1, 0.15) is 5.75 Å². The van der Waals surface area contributed by atoms with Crippen molar-refractivity contribution in [2.45, 2.75) is 13.0 Å². The van der Waals surface area contributed by atoms with Gasteiger partial charge >= 0.3 is 0 Å². The number of aromatic nitrogens is 1. The molecule has 0 atom stereocenters. The van der Waals surface area contributed by atoms with Crippen LogP contribution in [0.5, 0.6) is 5.75 Å². The van der Waals surface area contributed by atoms with Crippen molar-refractivity contribution in [1.82, 2.24) is 15.6 Å². The first-order chi connectivity index (χ1) is 9.26. The van der Waals surface area contributed by atoms with Crippen LogP contribution in [0, 0.1) is 0 Å². The number of carbonyl (C=O) groups excluding carboxylic acids is 1. The SMILES string of the molecule is CNCc1ccc(OCC(=O)NCCCOC)cn1. The fraction of sp³-hybridized carbons (Fsp3) is 0.538. The van der Waals surface area contributed by atoms with Crippen LogP contribution in [0.25, 0.3) is 0 Å². The molecule has 0 unspecified atom stereocenters. The lowest BCUT2D eigenvalue weighted by Crippen LogP contribution is -2.30. The molecule has 1 aromatic rings. The number of ether oxygens (including phenoxy) is 2. The van der Waals surface area contributed by atoms with Gasteiger partial charge in [-0.1, -0.05) is 0 Å². The normalized spacial score (nSPS) is 10.2. The summed E-state index contributed by atoms with van der Waals surface area (Å²) >= 11 is 0. The minimum absolute atomic E-state index is 0.0000363. The van der Waals surface area contributed by atoms with E-state index in [1.54, 1.807) is 19.4 Å². The van der Waals surface area contributed by atoms with Gasteiger partial charge in [0.2, 0.25) is 0 Å². The molecule has 0 aliphatic heterocycles. The Morgan fingerprint density at radius 1 is 1.42 bits per heavy atom. The monoisotopic (exact) mass is 267 g/mol. The van der Waals surface area contributed by atoms with E-state index in [1.165, 1.54) is 0 Å². The van der Waals surface area contributed by atoms with E-state index in [0.717, 1.165) is 12.1 Å². The average Bonchev–Trinajstić information content (AvgIpc) is 2.43. The van der Waals surface area contributed by atoms with E-state index in [2.05, 4.69) is 15.6 Å². The number of amides is 1. The number of carbonyl (C=O) groups is 1. The van der Waals surface area contributed by atoms with Crippen molar-refractivity contribution in [3.8, 4) is 5.75 Å². The molecule has 6 nitrogen and oxygen atoms in total. The zero-order valence-electron chi connectivity index (χ0n) is 11.4. The number of pyridine rings is 1. The van der Waals surface area contributed by atoms with Crippen molar-refractivity contribution in [2.75, 3.05) is 33.9 Å². The van der Waals surface area contributed by atoms with Crippen LogP contribution >= 0.6 is 0 Å². The second-order valence-corrected chi connectivity index (χ2v) is 4.00. The van der Waals surface area contributed by atoms with E-state index in [-0.39, 0.29) is 12.5 Å². The van der Waals surface area contributed by atoms with Crippen molar-refractivity contribution >= 4 is 5.91 Å². The molecule has 0 spiro atoms. The van der Waals surface area contributed by atoms with Gasteiger partial charge in [0.15, 0.2) is 6.61 Å². The lowest BCUT2D eigenvalue weighted by Gasteiger charge is -2.07. The predicted molar refractivity (Wildman–Crippen MR) is 72.0 cm³/mol. The smallest absolute Gasteiger partial charge is 0.257 e. The van der Waals surface area contributed by atoms with Crippen LogP contribution in [0.2, 0.25) is 0 Å².